The maximum Gasteiger partial charge on any atom is 0.0822 e. The summed E-state index contributed by atoms with van der Waals surface area (Å²) in [6, 6.07) is 38.6. The molecule has 0 aromatic heterocycles. The van der Waals surface area contributed by atoms with Gasteiger partial charge in [-0.25, -0.2) is 3.63 Å². The van der Waals surface area contributed by atoms with Gasteiger partial charge in [-0.3, -0.25) is 0 Å². The first-order valence-electron chi connectivity index (χ1n) is 10.4. The van der Waals surface area contributed by atoms with E-state index in [-0.39, 0.29) is 10.5 Å². The van der Waals surface area contributed by atoms with Crippen LogP contribution in [0.15, 0.2) is 109 Å². The zero-order valence-corrected chi connectivity index (χ0v) is 19.4. The first-order chi connectivity index (χ1) is 15.2. The average Bonchev–Trinajstić information content (AvgIpc) is 2.82. The fourth-order valence-corrected chi connectivity index (χ4v) is 5.33. The van der Waals surface area contributed by atoms with Crippen molar-refractivity contribution in [2.45, 2.75) is 24.3 Å². The largest absolute Gasteiger partial charge is 0.245 e. The Balaban J connectivity index is 1.55. The van der Waals surface area contributed by atoms with Crippen molar-refractivity contribution < 1.29 is 3.63 Å². The first kappa shape index (κ1) is 21.8. The van der Waals surface area contributed by atoms with Crippen molar-refractivity contribution in [3.05, 3.63) is 143 Å². The minimum absolute atomic E-state index is 0.115. The highest BCUT2D eigenvalue weighted by Crippen LogP contribution is 2.44. The fourth-order valence-electron chi connectivity index (χ4n) is 3.45. The van der Waals surface area contributed by atoms with Crippen LogP contribution in [0, 0.1) is 13.8 Å². The molecule has 0 bridgehead atoms. The van der Waals surface area contributed by atoms with Gasteiger partial charge in [-0.05, 0) is 36.1 Å². The standard InChI is InChI=1S/C28H26OS2/c1-21-13-17-25(18-14-21)27(23-9-5-3-6-10-23)30-29-31-28(24-11-7-4-8-12-24)26-19-15-22(2)16-20-26/h3-20,27-28H,1-2H3. The molecule has 0 heterocycles. The molecule has 0 spiro atoms. The van der Waals surface area contributed by atoms with E-state index < -0.39 is 0 Å². The third kappa shape index (κ3) is 5.82. The van der Waals surface area contributed by atoms with Crippen LogP contribution in [0.2, 0.25) is 0 Å². The molecule has 4 aromatic rings. The lowest BCUT2D eigenvalue weighted by Gasteiger charge is -2.20. The van der Waals surface area contributed by atoms with Crippen molar-refractivity contribution in [2.24, 2.45) is 0 Å². The van der Waals surface area contributed by atoms with E-state index in [0.29, 0.717) is 0 Å². The fraction of sp³-hybridized carbons (Fsp3) is 0.143. The van der Waals surface area contributed by atoms with E-state index in [2.05, 4.69) is 123 Å². The topological polar surface area (TPSA) is 9.23 Å². The second-order valence-corrected chi connectivity index (χ2v) is 9.54. The summed E-state index contributed by atoms with van der Waals surface area (Å²) in [5.41, 5.74) is 7.49. The second-order valence-electron chi connectivity index (χ2n) is 7.66. The van der Waals surface area contributed by atoms with Gasteiger partial charge in [-0.1, -0.05) is 120 Å². The van der Waals surface area contributed by atoms with Crippen LogP contribution in [-0.4, -0.2) is 0 Å². The Morgan fingerprint density at radius 3 is 1.13 bits per heavy atom. The quantitative estimate of drug-likeness (QED) is 0.253. The molecular formula is C28H26OS2. The van der Waals surface area contributed by atoms with Crippen molar-refractivity contribution in [2.75, 3.05) is 0 Å². The van der Waals surface area contributed by atoms with Gasteiger partial charge >= 0.3 is 0 Å². The van der Waals surface area contributed by atoms with Crippen LogP contribution in [0.25, 0.3) is 0 Å². The lowest BCUT2D eigenvalue weighted by molar-refractivity contribution is 0.739. The van der Waals surface area contributed by atoms with Crippen LogP contribution >= 0.6 is 24.1 Å². The van der Waals surface area contributed by atoms with E-state index in [1.54, 1.807) is 0 Å². The van der Waals surface area contributed by atoms with Crippen LogP contribution in [-0.2, 0) is 3.63 Å². The minimum atomic E-state index is 0.115. The Morgan fingerprint density at radius 2 is 0.774 bits per heavy atom. The van der Waals surface area contributed by atoms with E-state index in [1.807, 2.05) is 0 Å². The first-order valence-corrected chi connectivity index (χ1v) is 12.0. The Hall–Kier alpha value is -2.46. The number of aryl methyl sites for hydroxylation is 2. The van der Waals surface area contributed by atoms with Crippen molar-refractivity contribution in [3.63, 3.8) is 0 Å². The second kappa shape index (κ2) is 10.7. The summed E-state index contributed by atoms with van der Waals surface area (Å²) >= 11 is 3.03. The summed E-state index contributed by atoms with van der Waals surface area (Å²) in [6.07, 6.45) is 0. The molecule has 0 aliphatic rings. The van der Waals surface area contributed by atoms with Crippen molar-refractivity contribution >= 4 is 24.1 Å². The van der Waals surface area contributed by atoms with Gasteiger partial charge in [0.25, 0.3) is 0 Å². The lowest BCUT2D eigenvalue weighted by Crippen LogP contribution is -1.99. The molecule has 0 aliphatic carbocycles. The highest BCUT2D eigenvalue weighted by atomic mass is 32.2. The number of hydrogen-bond donors (Lipinski definition) is 0. The minimum Gasteiger partial charge on any atom is -0.245 e. The SMILES string of the molecule is Cc1ccc(C(SOSC(c2ccccc2)c2ccc(C)cc2)c2ccccc2)cc1. The Bertz CT molecular complexity index is 973. The van der Waals surface area contributed by atoms with Crippen LogP contribution in [0.3, 0.4) is 0 Å². The Kier molecular flexibility index (Phi) is 7.52. The number of benzene rings is 4. The molecule has 0 saturated heterocycles. The monoisotopic (exact) mass is 442 g/mol. The molecular weight excluding hydrogens is 416 g/mol. The molecule has 1 nitrogen and oxygen atoms in total. The maximum absolute atomic E-state index is 6.27. The summed E-state index contributed by atoms with van der Waals surface area (Å²) in [5.74, 6) is 0. The molecule has 2 atom stereocenters. The third-order valence-corrected chi connectivity index (χ3v) is 7.34. The summed E-state index contributed by atoms with van der Waals surface area (Å²) in [7, 11) is 0. The van der Waals surface area contributed by atoms with Gasteiger partial charge in [-0.15, -0.1) is 0 Å². The highest BCUT2D eigenvalue weighted by Gasteiger charge is 2.20. The summed E-state index contributed by atoms with van der Waals surface area (Å²) < 4.78 is 6.27. The number of rotatable bonds is 8. The van der Waals surface area contributed by atoms with Crippen molar-refractivity contribution in [1.82, 2.24) is 0 Å². The van der Waals surface area contributed by atoms with Crippen LogP contribution < -0.4 is 0 Å². The van der Waals surface area contributed by atoms with E-state index in [4.69, 9.17) is 3.63 Å². The molecule has 2 unspecified atom stereocenters. The molecule has 4 rings (SSSR count). The van der Waals surface area contributed by atoms with Crippen LogP contribution in [0.5, 0.6) is 0 Å². The molecule has 0 amide bonds. The smallest absolute Gasteiger partial charge is 0.0822 e. The zero-order chi connectivity index (χ0) is 21.5. The predicted octanol–water partition coefficient (Wildman–Crippen LogP) is 8.50. The third-order valence-electron chi connectivity index (χ3n) is 5.24. The van der Waals surface area contributed by atoms with E-state index in [9.17, 15) is 0 Å². The van der Waals surface area contributed by atoms with Gasteiger partial charge in [0.05, 0.1) is 10.5 Å². The molecule has 0 fully saturated rings. The van der Waals surface area contributed by atoms with Crippen LogP contribution in [0.1, 0.15) is 43.9 Å². The molecule has 156 valence electrons. The van der Waals surface area contributed by atoms with Gasteiger partial charge in [0, 0.05) is 24.1 Å². The molecule has 0 N–H and O–H groups in total. The molecule has 0 aliphatic heterocycles. The maximum atomic E-state index is 6.27. The normalized spacial score (nSPS) is 13.0. The zero-order valence-electron chi connectivity index (χ0n) is 17.8. The van der Waals surface area contributed by atoms with Gasteiger partial charge in [0.15, 0.2) is 0 Å². The molecule has 4 aromatic carbocycles. The molecule has 0 saturated carbocycles. The average molecular weight is 443 g/mol. The van der Waals surface area contributed by atoms with E-state index >= 15 is 0 Å². The van der Waals surface area contributed by atoms with E-state index in [1.165, 1.54) is 57.5 Å². The Morgan fingerprint density at radius 1 is 0.452 bits per heavy atom. The van der Waals surface area contributed by atoms with Crippen LogP contribution in [0.4, 0.5) is 0 Å². The van der Waals surface area contributed by atoms with Gasteiger partial charge in [0.1, 0.15) is 0 Å². The number of hydrogen-bond acceptors (Lipinski definition) is 3. The summed E-state index contributed by atoms with van der Waals surface area (Å²) in [4.78, 5) is 0. The van der Waals surface area contributed by atoms with Gasteiger partial charge in [0.2, 0.25) is 0 Å². The van der Waals surface area contributed by atoms with Crippen molar-refractivity contribution in [1.29, 1.82) is 0 Å². The van der Waals surface area contributed by atoms with Gasteiger partial charge in [-0.2, -0.15) is 0 Å². The molecule has 3 heteroatoms. The summed E-state index contributed by atoms with van der Waals surface area (Å²) in [5, 5.41) is 0.229. The Labute approximate surface area is 194 Å². The predicted molar refractivity (Wildman–Crippen MR) is 135 cm³/mol. The lowest BCUT2D eigenvalue weighted by atomic mass is 10.0. The highest BCUT2D eigenvalue weighted by molar-refractivity contribution is 8.08. The summed E-state index contributed by atoms with van der Waals surface area (Å²) in [6.45, 7) is 4.24. The van der Waals surface area contributed by atoms with Gasteiger partial charge < -0.3 is 0 Å². The molecule has 0 radical (unpaired) electrons. The van der Waals surface area contributed by atoms with E-state index in [0.717, 1.165) is 0 Å². The van der Waals surface area contributed by atoms with Crippen molar-refractivity contribution in [3.8, 4) is 0 Å². The molecule has 31 heavy (non-hydrogen) atoms.